The van der Waals surface area contributed by atoms with Crippen molar-refractivity contribution in [3.63, 3.8) is 0 Å². The average Bonchev–Trinajstić information content (AvgIpc) is 3.08. The molecule has 0 rings (SSSR count). The van der Waals surface area contributed by atoms with Gasteiger partial charge in [-0.05, 0) is 0 Å². The fourth-order valence-corrected chi connectivity index (χ4v) is 11.3. The summed E-state index contributed by atoms with van der Waals surface area (Å²) in [7, 11) is -2.69. The molecule has 0 aliphatic carbocycles. The van der Waals surface area contributed by atoms with Crippen molar-refractivity contribution in [1.29, 1.82) is 0 Å². The van der Waals surface area contributed by atoms with Crippen LogP contribution >= 0.6 is 7.49 Å². The molecular formula is C42H83O7P. The van der Waals surface area contributed by atoms with Crippen LogP contribution in [0.2, 0.25) is 0 Å². The van der Waals surface area contributed by atoms with Crippen LogP contribution in [0.15, 0.2) is 0 Å². The number of esters is 1. The van der Waals surface area contributed by atoms with Crippen LogP contribution in [0.25, 0.3) is 0 Å². The molecule has 0 spiro atoms. The molecule has 0 amide bonds. The Morgan fingerprint density at radius 2 is 0.800 bits per heavy atom. The van der Waals surface area contributed by atoms with Crippen LogP contribution in [0.3, 0.4) is 0 Å². The number of carbonyl (C=O) groups excluding carboxylic acids is 2. The van der Waals surface area contributed by atoms with E-state index in [-0.39, 0.29) is 6.61 Å². The molecule has 298 valence electrons. The van der Waals surface area contributed by atoms with Crippen LogP contribution in [0, 0.1) is 0 Å². The zero-order valence-electron chi connectivity index (χ0n) is 33.5. The van der Waals surface area contributed by atoms with Gasteiger partial charge in [-0.1, -0.05) is 39.0 Å². The van der Waals surface area contributed by atoms with E-state index in [9.17, 15) is 24.6 Å². The van der Waals surface area contributed by atoms with Gasteiger partial charge in [-0.3, -0.25) is 0 Å². The van der Waals surface area contributed by atoms with Crippen molar-refractivity contribution in [2.75, 3.05) is 25.1 Å². The molecule has 0 fully saturated rings. The number of aliphatic hydroxyl groups is 1. The summed E-state index contributed by atoms with van der Waals surface area (Å²) in [5.74, 6) is -3.00. The molecule has 0 aromatic heterocycles. The minimum absolute atomic E-state index is 0.209. The number of carbonyl (C=O) groups is 3. The van der Waals surface area contributed by atoms with Gasteiger partial charge in [0.15, 0.2) is 0 Å². The summed E-state index contributed by atoms with van der Waals surface area (Å²) in [6, 6.07) is 0. The van der Waals surface area contributed by atoms with E-state index >= 15 is 0 Å². The second-order valence-electron chi connectivity index (χ2n) is 15.3. The number of carboxylic acid groups (broad SMARTS) is 1. The number of hydrogen-bond acceptors (Lipinski definition) is 6. The van der Waals surface area contributed by atoms with Crippen molar-refractivity contribution in [2.24, 2.45) is 0 Å². The second-order valence-corrected chi connectivity index (χ2v) is 19.4. The third kappa shape index (κ3) is 27.5. The summed E-state index contributed by atoms with van der Waals surface area (Å²) in [6.45, 7) is 9.07. The first-order valence-electron chi connectivity index (χ1n) is 21.5. The Labute approximate surface area is 309 Å². The van der Waals surface area contributed by atoms with Crippen molar-refractivity contribution in [2.45, 2.75) is 226 Å². The first-order chi connectivity index (χ1) is 24.2. The first kappa shape index (κ1) is 48.8. The molecule has 0 bridgehead atoms. The molecule has 50 heavy (non-hydrogen) atoms. The van der Waals surface area contributed by atoms with Gasteiger partial charge < -0.3 is 0 Å². The van der Waals surface area contributed by atoms with Gasteiger partial charge in [0, 0.05) is 0 Å². The van der Waals surface area contributed by atoms with E-state index in [1.807, 2.05) is 0 Å². The fourth-order valence-electron chi connectivity index (χ4n) is 7.02. The molecule has 0 aromatic carbocycles. The van der Waals surface area contributed by atoms with Crippen LogP contribution in [-0.2, 0) is 23.6 Å². The second kappa shape index (κ2) is 33.6. The zero-order valence-corrected chi connectivity index (χ0v) is 34.5. The molecule has 8 heteroatoms. The van der Waals surface area contributed by atoms with E-state index in [1.165, 1.54) is 103 Å². The van der Waals surface area contributed by atoms with E-state index in [2.05, 4.69) is 27.7 Å². The third-order valence-electron chi connectivity index (χ3n) is 10.3. The maximum absolute atomic E-state index is 13.9. The molecule has 0 saturated heterocycles. The third-order valence-corrected chi connectivity index (χ3v) is 14.7. The molecule has 2 N–H and O–H groups in total. The van der Waals surface area contributed by atoms with Crippen LogP contribution < -0.4 is 0 Å². The van der Waals surface area contributed by atoms with Crippen molar-refractivity contribution in [3.8, 4) is 0 Å². The average molecular weight is 731 g/mol. The Balaban J connectivity index is 5.53. The Hall–Kier alpha value is -1.20. The molecule has 0 heterocycles. The molecule has 0 radical (unpaired) electrons. The summed E-state index contributed by atoms with van der Waals surface area (Å²) >= 11 is 0. The predicted molar refractivity (Wildman–Crippen MR) is 214 cm³/mol. The molecular weight excluding hydrogens is 647 g/mol. The van der Waals surface area contributed by atoms with E-state index in [0.717, 1.165) is 89.1 Å². The van der Waals surface area contributed by atoms with Crippen LogP contribution in [0.5, 0.6) is 0 Å². The molecule has 0 aromatic rings. The van der Waals surface area contributed by atoms with Crippen LogP contribution in [-0.4, -0.2) is 58.8 Å². The van der Waals surface area contributed by atoms with Gasteiger partial charge in [0.1, 0.15) is 0 Å². The van der Waals surface area contributed by atoms with Crippen molar-refractivity contribution in [1.82, 2.24) is 0 Å². The molecule has 0 saturated carbocycles. The maximum atomic E-state index is 13.9. The summed E-state index contributed by atoms with van der Waals surface area (Å²) < 4.78 is 11.9. The van der Waals surface area contributed by atoms with Gasteiger partial charge in [-0.15, -0.1) is 0 Å². The van der Waals surface area contributed by atoms with Crippen molar-refractivity contribution >= 4 is 25.4 Å². The Morgan fingerprint density at radius 1 is 0.480 bits per heavy atom. The molecule has 1 unspecified atom stereocenters. The van der Waals surface area contributed by atoms with Gasteiger partial charge in [-0.2, -0.15) is 0 Å². The van der Waals surface area contributed by atoms with E-state index in [1.54, 1.807) is 0 Å². The zero-order chi connectivity index (χ0) is 37.2. The molecule has 0 aliphatic heterocycles. The fraction of sp³-hybridized carbons (Fsp3) is 0.929. The summed E-state index contributed by atoms with van der Waals surface area (Å²) in [5.41, 5.74) is -2.43. The standard InChI is InChI=1S/C42H83O7P/c1-5-9-13-17-21-22-23-24-25-29-33-48-40(45)38-42(47,37-39(43)44)41(46)49-50(34-30-26-18-14-10-6-2,35-31-27-19-15-11-7-3)36-32-28-20-16-12-8-4/h47,50H,5-38H2,1-4H3,(H,43,44). The number of hydrogen-bond donors (Lipinski definition) is 2. The minimum atomic E-state index is -2.69. The van der Waals surface area contributed by atoms with Crippen LogP contribution in [0.1, 0.15) is 220 Å². The molecule has 7 nitrogen and oxygen atoms in total. The van der Waals surface area contributed by atoms with E-state index in [0.29, 0.717) is 6.42 Å². The topological polar surface area (TPSA) is 110 Å². The van der Waals surface area contributed by atoms with E-state index < -0.39 is 43.8 Å². The van der Waals surface area contributed by atoms with Gasteiger partial charge in [0.05, 0.1) is 0 Å². The predicted octanol–water partition coefficient (Wildman–Crippen LogP) is 12.3. The Morgan fingerprint density at radius 3 is 1.14 bits per heavy atom. The molecule has 1 atom stereocenters. The SMILES string of the molecule is CCCCCCCCCCCCOC(=O)CC(O)(CC(=O)O)C(=O)O[PH](CCCCCCCC)(CCCCCCCC)CCCCCCCC. The van der Waals surface area contributed by atoms with Crippen molar-refractivity contribution < 1.29 is 33.9 Å². The Bertz CT molecular complexity index is 779. The number of rotatable bonds is 38. The number of ether oxygens (including phenoxy) is 1. The Kier molecular flexibility index (Phi) is 32.8. The quantitative estimate of drug-likeness (QED) is 0.0369. The van der Waals surface area contributed by atoms with Gasteiger partial charge >= 0.3 is 271 Å². The number of unbranched alkanes of at least 4 members (excludes halogenated alkanes) is 24. The number of carboxylic acids is 1. The van der Waals surface area contributed by atoms with Gasteiger partial charge in [0.2, 0.25) is 0 Å². The van der Waals surface area contributed by atoms with Crippen LogP contribution in [0.4, 0.5) is 0 Å². The van der Waals surface area contributed by atoms with Crippen molar-refractivity contribution in [3.05, 3.63) is 0 Å². The normalized spacial score (nSPS) is 13.2. The summed E-state index contributed by atoms with van der Waals surface area (Å²) in [4.78, 5) is 38.7. The van der Waals surface area contributed by atoms with Gasteiger partial charge in [0.25, 0.3) is 0 Å². The van der Waals surface area contributed by atoms with Gasteiger partial charge in [-0.25, -0.2) is 0 Å². The summed E-state index contributed by atoms with van der Waals surface area (Å²) in [5, 5.41) is 21.2. The van der Waals surface area contributed by atoms with E-state index in [4.69, 9.17) is 9.26 Å². The first-order valence-corrected chi connectivity index (χ1v) is 24.0. The monoisotopic (exact) mass is 731 g/mol. The molecule has 0 aliphatic rings. The number of aliphatic carboxylic acids is 1. The summed E-state index contributed by atoms with van der Waals surface area (Å²) in [6.07, 6.45) is 33.1.